The molecule has 0 radical (unpaired) electrons. The van der Waals surface area contributed by atoms with Gasteiger partial charge >= 0.3 is 6.18 Å². The van der Waals surface area contributed by atoms with E-state index in [0.29, 0.717) is 19.6 Å². The van der Waals surface area contributed by atoms with Crippen LogP contribution in [0.4, 0.5) is 23.2 Å². The zero-order valence-electron chi connectivity index (χ0n) is 10.3. The summed E-state index contributed by atoms with van der Waals surface area (Å²) in [5, 5.41) is 3.11. The molecule has 0 unspecified atom stereocenters. The predicted molar refractivity (Wildman–Crippen MR) is 68.3 cm³/mol. The maximum absolute atomic E-state index is 13.7. The van der Waals surface area contributed by atoms with Crippen LogP contribution >= 0.6 is 12.4 Å². The van der Waals surface area contributed by atoms with Gasteiger partial charge in [-0.05, 0) is 25.1 Å². The van der Waals surface area contributed by atoms with Crippen molar-refractivity contribution < 1.29 is 17.6 Å². The Balaban J connectivity index is 0.00000180. The van der Waals surface area contributed by atoms with Crippen LogP contribution < -0.4 is 10.2 Å². The zero-order chi connectivity index (χ0) is 13.3. The van der Waals surface area contributed by atoms with Crippen LogP contribution in [0, 0.1) is 5.82 Å². The van der Waals surface area contributed by atoms with Crippen LogP contribution in [0.5, 0.6) is 0 Å². The number of halogens is 5. The SMILES string of the molecule is C[C@H]1CNCCN1c1cc(C(F)(F)F)ccc1F.Cl. The third-order valence-electron chi connectivity index (χ3n) is 3.08. The summed E-state index contributed by atoms with van der Waals surface area (Å²) < 4.78 is 51.5. The molecule has 7 heteroatoms. The number of hydrogen-bond acceptors (Lipinski definition) is 2. The highest BCUT2D eigenvalue weighted by atomic mass is 35.5. The lowest BCUT2D eigenvalue weighted by Crippen LogP contribution is -2.50. The van der Waals surface area contributed by atoms with Gasteiger partial charge in [0.2, 0.25) is 0 Å². The van der Waals surface area contributed by atoms with Crippen LogP contribution in [0.2, 0.25) is 0 Å². The summed E-state index contributed by atoms with van der Waals surface area (Å²) in [7, 11) is 0. The first-order chi connectivity index (χ1) is 8.39. The van der Waals surface area contributed by atoms with Crippen LogP contribution in [0.3, 0.4) is 0 Å². The number of benzene rings is 1. The normalized spacial score (nSPS) is 20.1. The Morgan fingerprint density at radius 1 is 1.32 bits per heavy atom. The zero-order valence-corrected chi connectivity index (χ0v) is 11.1. The van der Waals surface area contributed by atoms with Gasteiger partial charge in [-0.15, -0.1) is 12.4 Å². The van der Waals surface area contributed by atoms with Crippen molar-refractivity contribution in [3.63, 3.8) is 0 Å². The third-order valence-corrected chi connectivity index (χ3v) is 3.08. The molecule has 1 aliphatic heterocycles. The fourth-order valence-electron chi connectivity index (χ4n) is 2.11. The molecule has 0 amide bonds. The monoisotopic (exact) mass is 298 g/mol. The molecular formula is C12H15ClF4N2. The van der Waals surface area contributed by atoms with Crippen molar-refractivity contribution in [1.29, 1.82) is 0 Å². The van der Waals surface area contributed by atoms with Crippen LogP contribution in [-0.4, -0.2) is 25.7 Å². The molecule has 1 N–H and O–H groups in total. The standard InChI is InChI=1S/C12H14F4N2.ClH/c1-8-7-17-4-5-18(8)11-6-9(12(14,15)16)2-3-10(11)13;/h2-3,6,8,17H,4-5,7H2,1H3;1H/t8-;/m0./s1. The summed E-state index contributed by atoms with van der Waals surface area (Å²) in [5.41, 5.74) is -0.788. The molecule has 0 aromatic heterocycles. The Labute approximate surface area is 115 Å². The number of rotatable bonds is 1. The van der Waals surface area contributed by atoms with Crippen LogP contribution in [-0.2, 0) is 6.18 Å². The minimum atomic E-state index is -4.44. The van der Waals surface area contributed by atoms with Gasteiger partial charge in [0.05, 0.1) is 11.3 Å². The number of hydrogen-bond donors (Lipinski definition) is 1. The molecule has 2 rings (SSSR count). The summed E-state index contributed by atoms with van der Waals surface area (Å²) >= 11 is 0. The fourth-order valence-corrected chi connectivity index (χ4v) is 2.11. The Bertz CT molecular complexity index is 436. The van der Waals surface area contributed by atoms with E-state index in [1.54, 1.807) is 4.90 Å². The smallest absolute Gasteiger partial charge is 0.364 e. The first-order valence-electron chi connectivity index (χ1n) is 5.73. The second-order valence-corrected chi connectivity index (χ2v) is 4.41. The molecule has 1 aromatic carbocycles. The van der Waals surface area contributed by atoms with E-state index < -0.39 is 17.6 Å². The summed E-state index contributed by atoms with van der Waals surface area (Å²) in [5.74, 6) is -0.614. The van der Waals surface area contributed by atoms with Crippen molar-refractivity contribution in [2.75, 3.05) is 24.5 Å². The van der Waals surface area contributed by atoms with Crippen molar-refractivity contribution in [3.8, 4) is 0 Å². The number of piperazine rings is 1. The Morgan fingerprint density at radius 3 is 2.58 bits per heavy atom. The molecule has 1 heterocycles. The molecular weight excluding hydrogens is 284 g/mol. The average molecular weight is 299 g/mol. The first-order valence-corrected chi connectivity index (χ1v) is 5.73. The quantitative estimate of drug-likeness (QED) is 0.802. The lowest BCUT2D eigenvalue weighted by Gasteiger charge is -2.36. The summed E-state index contributed by atoms with van der Waals surface area (Å²) in [4.78, 5) is 1.67. The van der Waals surface area contributed by atoms with Crippen LogP contribution in [0.1, 0.15) is 12.5 Å². The van der Waals surface area contributed by atoms with Crippen LogP contribution in [0.15, 0.2) is 18.2 Å². The van der Waals surface area contributed by atoms with Crippen molar-refractivity contribution in [3.05, 3.63) is 29.6 Å². The highest BCUT2D eigenvalue weighted by Crippen LogP contribution is 2.33. The van der Waals surface area contributed by atoms with Gasteiger partial charge in [0.1, 0.15) is 5.82 Å². The highest BCUT2D eigenvalue weighted by Gasteiger charge is 2.32. The van der Waals surface area contributed by atoms with E-state index in [-0.39, 0.29) is 24.1 Å². The van der Waals surface area contributed by atoms with Gasteiger partial charge in [-0.25, -0.2) is 4.39 Å². The van der Waals surface area contributed by atoms with Gasteiger partial charge in [-0.1, -0.05) is 0 Å². The maximum Gasteiger partial charge on any atom is 0.416 e. The molecule has 1 fully saturated rings. The minimum absolute atomic E-state index is 0. The van der Waals surface area contributed by atoms with E-state index in [4.69, 9.17) is 0 Å². The average Bonchev–Trinajstić information content (AvgIpc) is 2.29. The van der Waals surface area contributed by atoms with E-state index in [1.165, 1.54) is 0 Å². The van der Waals surface area contributed by atoms with Crippen molar-refractivity contribution in [2.45, 2.75) is 19.1 Å². The minimum Gasteiger partial charge on any atom is -0.364 e. The Morgan fingerprint density at radius 2 is 2.00 bits per heavy atom. The van der Waals surface area contributed by atoms with E-state index in [0.717, 1.165) is 18.2 Å². The van der Waals surface area contributed by atoms with Crippen molar-refractivity contribution in [2.24, 2.45) is 0 Å². The largest absolute Gasteiger partial charge is 0.416 e. The molecule has 1 aliphatic rings. The number of nitrogens with zero attached hydrogens (tertiary/aromatic N) is 1. The van der Waals surface area contributed by atoms with Gasteiger partial charge < -0.3 is 10.2 Å². The molecule has 108 valence electrons. The lowest BCUT2D eigenvalue weighted by molar-refractivity contribution is -0.137. The van der Waals surface area contributed by atoms with E-state index >= 15 is 0 Å². The van der Waals surface area contributed by atoms with E-state index in [1.807, 2.05) is 6.92 Å². The highest BCUT2D eigenvalue weighted by molar-refractivity contribution is 5.85. The summed E-state index contributed by atoms with van der Waals surface area (Å²) in [6, 6.07) is 2.51. The predicted octanol–water partition coefficient (Wildman–Crippen LogP) is 3.06. The second kappa shape index (κ2) is 5.96. The Kier molecular flexibility index (Phi) is 5.04. The molecule has 1 aromatic rings. The van der Waals surface area contributed by atoms with Crippen LogP contribution in [0.25, 0.3) is 0 Å². The van der Waals surface area contributed by atoms with E-state index in [9.17, 15) is 17.6 Å². The third kappa shape index (κ3) is 3.51. The first kappa shape index (κ1) is 16.0. The van der Waals surface area contributed by atoms with Crippen molar-refractivity contribution >= 4 is 18.1 Å². The lowest BCUT2D eigenvalue weighted by atomic mass is 10.1. The topological polar surface area (TPSA) is 15.3 Å². The summed E-state index contributed by atoms with van der Waals surface area (Å²) in [6.07, 6.45) is -4.44. The molecule has 19 heavy (non-hydrogen) atoms. The van der Waals surface area contributed by atoms with Gasteiger partial charge in [0.25, 0.3) is 0 Å². The van der Waals surface area contributed by atoms with E-state index in [2.05, 4.69) is 5.32 Å². The molecule has 1 saturated heterocycles. The van der Waals surface area contributed by atoms with Gasteiger partial charge in [-0.2, -0.15) is 13.2 Å². The molecule has 0 bridgehead atoms. The number of alkyl halides is 3. The molecule has 0 saturated carbocycles. The van der Waals surface area contributed by atoms with Gasteiger partial charge in [0, 0.05) is 25.7 Å². The fraction of sp³-hybridized carbons (Fsp3) is 0.500. The Hall–Kier alpha value is -1.01. The second-order valence-electron chi connectivity index (χ2n) is 4.41. The molecule has 0 spiro atoms. The van der Waals surface area contributed by atoms with Gasteiger partial charge in [0.15, 0.2) is 0 Å². The maximum atomic E-state index is 13.7. The number of nitrogens with one attached hydrogen (secondary N) is 1. The molecule has 0 aliphatic carbocycles. The van der Waals surface area contributed by atoms with Gasteiger partial charge in [-0.3, -0.25) is 0 Å². The number of anilines is 1. The van der Waals surface area contributed by atoms with Crippen molar-refractivity contribution in [1.82, 2.24) is 5.32 Å². The molecule has 2 nitrogen and oxygen atoms in total. The molecule has 1 atom stereocenters. The summed E-state index contributed by atoms with van der Waals surface area (Å²) in [6.45, 7) is 3.63.